The van der Waals surface area contributed by atoms with Crippen molar-refractivity contribution in [2.75, 3.05) is 14.1 Å². The van der Waals surface area contributed by atoms with Crippen LogP contribution in [0.5, 0.6) is 0 Å². The summed E-state index contributed by atoms with van der Waals surface area (Å²) in [5.74, 6) is 0.0806. The fraction of sp³-hybridized carbons (Fsp3) is 0.269. The highest BCUT2D eigenvalue weighted by atomic mass is 16.2. The lowest BCUT2D eigenvalue weighted by Crippen LogP contribution is -2.28. The number of hydrogen-bond acceptors (Lipinski definition) is 5. The summed E-state index contributed by atoms with van der Waals surface area (Å²) in [5, 5.41) is 7.71. The van der Waals surface area contributed by atoms with Crippen molar-refractivity contribution in [2.24, 2.45) is 0 Å². The SMILES string of the molecule is CCn1ncc(CN(C)C(=O)c2nc(-c3ccc(C(=O)NC)cc3)nc3ccc(C)cc23)c1C. The standard InChI is InChI=1S/C26H28N6O2/c1-6-32-17(3)20(14-28-32)15-31(5)26(34)23-21-13-16(2)7-12-22(21)29-24(30-23)18-8-10-19(11-9-18)25(33)27-4/h7-14H,6,15H2,1-5H3,(H,27,33). The predicted octanol–water partition coefficient (Wildman–Crippen LogP) is 3.76. The first kappa shape index (κ1) is 23.1. The molecule has 4 rings (SSSR count). The second-order valence-corrected chi connectivity index (χ2v) is 8.31. The number of nitrogens with zero attached hydrogens (tertiary/aromatic N) is 5. The van der Waals surface area contributed by atoms with Crippen molar-refractivity contribution in [3.8, 4) is 11.4 Å². The van der Waals surface area contributed by atoms with E-state index in [1.807, 2.05) is 49.8 Å². The lowest BCUT2D eigenvalue weighted by Gasteiger charge is -2.18. The van der Waals surface area contributed by atoms with Gasteiger partial charge in [0.15, 0.2) is 5.82 Å². The topological polar surface area (TPSA) is 93.0 Å². The molecule has 0 radical (unpaired) electrons. The van der Waals surface area contributed by atoms with E-state index in [9.17, 15) is 9.59 Å². The van der Waals surface area contributed by atoms with E-state index in [1.165, 1.54) is 0 Å². The maximum atomic E-state index is 13.6. The monoisotopic (exact) mass is 456 g/mol. The van der Waals surface area contributed by atoms with Gasteiger partial charge in [0.25, 0.3) is 11.8 Å². The van der Waals surface area contributed by atoms with Gasteiger partial charge in [-0.1, -0.05) is 23.8 Å². The fourth-order valence-electron chi connectivity index (χ4n) is 3.92. The van der Waals surface area contributed by atoms with Gasteiger partial charge in [-0.05, 0) is 45.0 Å². The maximum absolute atomic E-state index is 13.6. The summed E-state index contributed by atoms with van der Waals surface area (Å²) in [4.78, 5) is 36.5. The molecule has 0 saturated carbocycles. The van der Waals surface area contributed by atoms with Crippen molar-refractivity contribution in [3.05, 3.63) is 76.7 Å². The van der Waals surface area contributed by atoms with Gasteiger partial charge in [0, 0.05) is 55.0 Å². The number of benzene rings is 2. The van der Waals surface area contributed by atoms with Gasteiger partial charge in [0.2, 0.25) is 0 Å². The summed E-state index contributed by atoms with van der Waals surface area (Å²) < 4.78 is 1.91. The lowest BCUT2D eigenvalue weighted by molar-refractivity contribution is 0.0781. The molecule has 8 nitrogen and oxygen atoms in total. The largest absolute Gasteiger partial charge is 0.355 e. The Labute approximate surface area is 198 Å². The van der Waals surface area contributed by atoms with Crippen LogP contribution in [0.4, 0.5) is 0 Å². The Bertz CT molecular complexity index is 1370. The van der Waals surface area contributed by atoms with Crippen molar-refractivity contribution < 1.29 is 9.59 Å². The summed E-state index contributed by atoms with van der Waals surface area (Å²) >= 11 is 0. The molecule has 0 saturated heterocycles. The Morgan fingerprint density at radius 2 is 1.79 bits per heavy atom. The van der Waals surface area contributed by atoms with Gasteiger partial charge in [0.1, 0.15) is 5.69 Å². The number of amides is 2. The van der Waals surface area contributed by atoms with Crippen LogP contribution in [0.25, 0.3) is 22.3 Å². The zero-order valence-corrected chi connectivity index (χ0v) is 20.1. The average molecular weight is 457 g/mol. The molecule has 0 aliphatic rings. The quantitative estimate of drug-likeness (QED) is 0.477. The number of carbonyl (C=O) groups excluding carboxylic acids is 2. The molecule has 0 unspecified atom stereocenters. The van der Waals surface area contributed by atoms with Crippen molar-refractivity contribution in [2.45, 2.75) is 33.9 Å². The van der Waals surface area contributed by atoms with E-state index in [0.717, 1.165) is 28.9 Å². The van der Waals surface area contributed by atoms with Crippen molar-refractivity contribution in [1.29, 1.82) is 0 Å². The molecule has 0 bridgehead atoms. The molecule has 2 aromatic heterocycles. The third kappa shape index (κ3) is 4.39. The van der Waals surface area contributed by atoms with Gasteiger partial charge in [-0.25, -0.2) is 9.97 Å². The van der Waals surface area contributed by atoms with Crippen LogP contribution < -0.4 is 5.32 Å². The summed E-state index contributed by atoms with van der Waals surface area (Å²) in [6.45, 7) is 7.23. The first-order chi connectivity index (χ1) is 16.3. The molecule has 2 heterocycles. The van der Waals surface area contributed by atoms with Crippen LogP contribution in [0.1, 0.15) is 44.6 Å². The van der Waals surface area contributed by atoms with Crippen LogP contribution in [0.15, 0.2) is 48.7 Å². The van der Waals surface area contributed by atoms with Gasteiger partial charge in [0.05, 0.1) is 11.7 Å². The first-order valence-electron chi connectivity index (χ1n) is 11.2. The zero-order valence-electron chi connectivity index (χ0n) is 20.1. The number of aromatic nitrogens is 4. The molecule has 34 heavy (non-hydrogen) atoms. The summed E-state index contributed by atoms with van der Waals surface area (Å²) in [7, 11) is 3.36. The fourth-order valence-corrected chi connectivity index (χ4v) is 3.92. The van der Waals surface area contributed by atoms with Crippen molar-refractivity contribution in [3.63, 3.8) is 0 Å². The van der Waals surface area contributed by atoms with Crippen LogP contribution in [0.3, 0.4) is 0 Å². The van der Waals surface area contributed by atoms with E-state index < -0.39 is 0 Å². The summed E-state index contributed by atoms with van der Waals surface area (Å²) in [6, 6.07) is 12.8. The van der Waals surface area contributed by atoms with Crippen molar-refractivity contribution in [1.82, 2.24) is 30.0 Å². The number of aryl methyl sites for hydroxylation is 2. The number of nitrogens with one attached hydrogen (secondary N) is 1. The van der Waals surface area contributed by atoms with Gasteiger partial charge in [-0.2, -0.15) is 5.10 Å². The Hall–Kier alpha value is -4.07. The zero-order chi connectivity index (χ0) is 24.4. The van der Waals surface area contributed by atoms with Crippen LogP contribution in [-0.2, 0) is 13.1 Å². The molecular weight excluding hydrogens is 428 g/mol. The number of fused-ring (bicyclic) bond motifs is 1. The molecule has 0 aliphatic carbocycles. The Morgan fingerprint density at radius 1 is 1.06 bits per heavy atom. The predicted molar refractivity (Wildman–Crippen MR) is 132 cm³/mol. The van der Waals surface area contributed by atoms with E-state index in [2.05, 4.69) is 15.4 Å². The Morgan fingerprint density at radius 3 is 2.44 bits per heavy atom. The van der Waals surface area contributed by atoms with E-state index >= 15 is 0 Å². The van der Waals surface area contributed by atoms with E-state index in [4.69, 9.17) is 4.98 Å². The minimum absolute atomic E-state index is 0.166. The Kier molecular flexibility index (Phi) is 6.40. The van der Waals surface area contributed by atoms with Gasteiger partial charge < -0.3 is 10.2 Å². The third-order valence-electron chi connectivity index (χ3n) is 5.94. The molecule has 0 spiro atoms. The molecule has 0 atom stereocenters. The molecule has 2 amide bonds. The molecule has 0 aliphatic heterocycles. The van der Waals surface area contributed by atoms with Crippen LogP contribution >= 0.6 is 0 Å². The second kappa shape index (κ2) is 9.43. The molecule has 4 aromatic rings. The Balaban J connectivity index is 1.74. The van der Waals surface area contributed by atoms with Gasteiger partial charge in [-0.3, -0.25) is 14.3 Å². The van der Waals surface area contributed by atoms with Gasteiger partial charge in [-0.15, -0.1) is 0 Å². The highest BCUT2D eigenvalue weighted by molar-refractivity contribution is 6.05. The minimum Gasteiger partial charge on any atom is -0.355 e. The lowest BCUT2D eigenvalue weighted by atomic mass is 10.1. The molecular formula is C26H28N6O2. The van der Waals surface area contributed by atoms with Gasteiger partial charge >= 0.3 is 0 Å². The second-order valence-electron chi connectivity index (χ2n) is 8.31. The third-order valence-corrected chi connectivity index (χ3v) is 5.94. The first-order valence-corrected chi connectivity index (χ1v) is 11.2. The maximum Gasteiger partial charge on any atom is 0.273 e. The highest BCUT2D eigenvalue weighted by Crippen LogP contribution is 2.24. The molecule has 1 N–H and O–H groups in total. The normalized spacial score (nSPS) is 11.0. The molecule has 8 heteroatoms. The van der Waals surface area contributed by atoms with Crippen LogP contribution in [-0.4, -0.2) is 50.6 Å². The van der Waals surface area contributed by atoms with Crippen LogP contribution in [0.2, 0.25) is 0 Å². The van der Waals surface area contributed by atoms with E-state index in [1.54, 1.807) is 43.3 Å². The minimum atomic E-state index is -0.190. The summed E-state index contributed by atoms with van der Waals surface area (Å²) in [5.41, 5.74) is 5.38. The molecule has 2 aromatic carbocycles. The number of rotatable bonds is 6. The number of carbonyl (C=O) groups is 2. The molecule has 174 valence electrons. The van der Waals surface area contributed by atoms with Crippen LogP contribution in [0, 0.1) is 13.8 Å². The van der Waals surface area contributed by atoms with E-state index in [-0.39, 0.29) is 11.8 Å². The summed E-state index contributed by atoms with van der Waals surface area (Å²) in [6.07, 6.45) is 1.81. The smallest absolute Gasteiger partial charge is 0.273 e. The highest BCUT2D eigenvalue weighted by Gasteiger charge is 2.21. The number of hydrogen-bond donors (Lipinski definition) is 1. The van der Waals surface area contributed by atoms with Crippen molar-refractivity contribution >= 4 is 22.7 Å². The molecule has 0 fully saturated rings. The van der Waals surface area contributed by atoms with E-state index in [0.29, 0.717) is 34.5 Å². The average Bonchev–Trinajstić information content (AvgIpc) is 3.21.